The normalized spacial score (nSPS) is 21.4. The third-order valence-corrected chi connectivity index (χ3v) is 5.54. The van der Waals surface area contributed by atoms with Crippen molar-refractivity contribution in [2.75, 3.05) is 32.7 Å². The van der Waals surface area contributed by atoms with Crippen molar-refractivity contribution in [3.8, 4) is 0 Å². The molecule has 5 nitrogen and oxygen atoms in total. The Kier molecular flexibility index (Phi) is 5.02. The van der Waals surface area contributed by atoms with Crippen LogP contribution in [0.25, 0.3) is 11.0 Å². The number of piperazine rings is 1. The summed E-state index contributed by atoms with van der Waals surface area (Å²) in [7, 11) is 0. The number of aromatic nitrogens is 2. The molecular weight excluding hydrogens is 331 g/mol. The van der Waals surface area contributed by atoms with Crippen LogP contribution in [-0.4, -0.2) is 58.0 Å². The van der Waals surface area contributed by atoms with E-state index in [2.05, 4.69) is 26.6 Å². The highest BCUT2D eigenvalue weighted by molar-refractivity contribution is 5.79. The van der Waals surface area contributed by atoms with Gasteiger partial charge in [0.1, 0.15) is 5.82 Å². The van der Waals surface area contributed by atoms with Crippen molar-refractivity contribution < 1.29 is 9.18 Å². The molecule has 0 saturated carbocycles. The molecule has 1 aromatic heterocycles. The van der Waals surface area contributed by atoms with Crippen molar-refractivity contribution in [2.45, 2.75) is 25.8 Å². The zero-order valence-corrected chi connectivity index (χ0v) is 15.0. The number of nitrogens with zero attached hydrogens (tertiary/aromatic N) is 4. The summed E-state index contributed by atoms with van der Waals surface area (Å²) in [6, 6.07) is 4.73. The van der Waals surface area contributed by atoms with Gasteiger partial charge in [0, 0.05) is 51.3 Å². The molecule has 4 rings (SSSR count). The molecule has 1 aliphatic carbocycles. The third kappa shape index (κ3) is 3.65. The van der Waals surface area contributed by atoms with Crippen molar-refractivity contribution in [1.29, 1.82) is 0 Å². The van der Waals surface area contributed by atoms with Gasteiger partial charge in [0.2, 0.25) is 5.91 Å². The van der Waals surface area contributed by atoms with Crippen molar-refractivity contribution in [3.63, 3.8) is 0 Å². The minimum absolute atomic E-state index is 0.184. The van der Waals surface area contributed by atoms with Crippen LogP contribution < -0.4 is 0 Å². The minimum atomic E-state index is -0.253. The van der Waals surface area contributed by atoms with Crippen molar-refractivity contribution >= 4 is 16.9 Å². The van der Waals surface area contributed by atoms with Crippen LogP contribution >= 0.6 is 0 Å². The van der Waals surface area contributed by atoms with E-state index in [0.717, 1.165) is 64.0 Å². The van der Waals surface area contributed by atoms with E-state index >= 15 is 0 Å². The molecule has 0 bridgehead atoms. The Labute approximate surface area is 153 Å². The lowest BCUT2D eigenvalue weighted by Gasteiger charge is -2.36. The fourth-order valence-corrected chi connectivity index (χ4v) is 3.93. The quantitative estimate of drug-likeness (QED) is 0.791. The minimum Gasteiger partial charge on any atom is -0.340 e. The summed E-state index contributed by atoms with van der Waals surface area (Å²) < 4.78 is 15.3. The fourth-order valence-electron chi connectivity index (χ4n) is 3.93. The number of amides is 1. The van der Waals surface area contributed by atoms with E-state index in [1.165, 1.54) is 12.1 Å². The topological polar surface area (TPSA) is 41.4 Å². The molecule has 0 spiro atoms. The standard InChI is InChI=1S/C20H25FN4O/c21-17-6-7-19-18(14-17)22-15-25(19)13-10-23-8-11-24(12-9-23)20(26)16-4-2-1-3-5-16/h1-2,6-7,14-16H,3-5,8-13H2. The molecule has 1 atom stereocenters. The van der Waals surface area contributed by atoms with Gasteiger partial charge < -0.3 is 9.47 Å². The molecule has 1 aliphatic heterocycles. The van der Waals surface area contributed by atoms with Crippen LogP contribution in [0.3, 0.4) is 0 Å². The number of hydrogen-bond donors (Lipinski definition) is 0. The predicted octanol–water partition coefficient (Wildman–Crippen LogP) is 2.68. The molecular formula is C20H25FN4O. The molecule has 1 aromatic carbocycles. The van der Waals surface area contributed by atoms with Gasteiger partial charge in [-0.2, -0.15) is 0 Å². The summed E-state index contributed by atoms with van der Waals surface area (Å²) >= 11 is 0. The summed E-state index contributed by atoms with van der Waals surface area (Å²) in [4.78, 5) is 21.3. The highest BCUT2D eigenvalue weighted by Crippen LogP contribution is 2.21. The number of hydrogen-bond acceptors (Lipinski definition) is 3. The van der Waals surface area contributed by atoms with Gasteiger partial charge >= 0.3 is 0 Å². The van der Waals surface area contributed by atoms with Gasteiger partial charge in [0.05, 0.1) is 17.4 Å². The van der Waals surface area contributed by atoms with E-state index in [4.69, 9.17) is 0 Å². The molecule has 138 valence electrons. The molecule has 2 aromatic rings. The van der Waals surface area contributed by atoms with E-state index in [9.17, 15) is 9.18 Å². The first-order valence-corrected chi connectivity index (χ1v) is 9.47. The second-order valence-corrected chi connectivity index (χ2v) is 7.22. The number of benzene rings is 1. The van der Waals surface area contributed by atoms with Crippen LogP contribution in [0.1, 0.15) is 19.3 Å². The van der Waals surface area contributed by atoms with Gasteiger partial charge in [-0.25, -0.2) is 9.37 Å². The van der Waals surface area contributed by atoms with E-state index in [1.54, 1.807) is 12.4 Å². The van der Waals surface area contributed by atoms with Crippen LogP contribution in [0.15, 0.2) is 36.7 Å². The van der Waals surface area contributed by atoms with Crippen molar-refractivity contribution in [3.05, 3.63) is 42.5 Å². The second-order valence-electron chi connectivity index (χ2n) is 7.22. The van der Waals surface area contributed by atoms with E-state index in [-0.39, 0.29) is 11.7 Å². The average molecular weight is 356 g/mol. The maximum absolute atomic E-state index is 13.3. The number of carbonyl (C=O) groups excluding carboxylic acids is 1. The molecule has 1 fully saturated rings. The van der Waals surface area contributed by atoms with E-state index in [1.807, 2.05) is 4.90 Å². The van der Waals surface area contributed by atoms with Crippen molar-refractivity contribution in [1.82, 2.24) is 19.4 Å². The number of imidazole rings is 1. The number of allylic oxidation sites excluding steroid dienone is 2. The second kappa shape index (κ2) is 7.58. The molecule has 0 N–H and O–H groups in total. The van der Waals surface area contributed by atoms with Crippen LogP contribution in [0.5, 0.6) is 0 Å². The summed E-state index contributed by atoms with van der Waals surface area (Å²) in [6.07, 6.45) is 9.01. The highest BCUT2D eigenvalue weighted by atomic mass is 19.1. The third-order valence-electron chi connectivity index (χ3n) is 5.54. The Morgan fingerprint density at radius 2 is 2.00 bits per heavy atom. The highest BCUT2D eigenvalue weighted by Gasteiger charge is 2.27. The van der Waals surface area contributed by atoms with Gasteiger partial charge in [-0.3, -0.25) is 9.69 Å². The van der Waals surface area contributed by atoms with Crippen LogP contribution in [-0.2, 0) is 11.3 Å². The van der Waals surface area contributed by atoms with Gasteiger partial charge in [-0.1, -0.05) is 12.2 Å². The van der Waals surface area contributed by atoms with Gasteiger partial charge in [-0.05, 0) is 31.4 Å². The molecule has 6 heteroatoms. The Balaban J connectivity index is 1.28. The molecule has 1 amide bonds. The van der Waals surface area contributed by atoms with Crippen LogP contribution in [0.4, 0.5) is 4.39 Å². The lowest BCUT2D eigenvalue weighted by atomic mass is 9.93. The maximum atomic E-state index is 13.3. The van der Waals surface area contributed by atoms with Gasteiger partial charge in [0.25, 0.3) is 0 Å². The maximum Gasteiger partial charge on any atom is 0.226 e. The Morgan fingerprint density at radius 1 is 1.15 bits per heavy atom. The number of carbonyl (C=O) groups is 1. The first-order valence-electron chi connectivity index (χ1n) is 9.47. The smallest absolute Gasteiger partial charge is 0.226 e. The molecule has 1 unspecified atom stereocenters. The summed E-state index contributed by atoms with van der Waals surface area (Å²) in [6.45, 7) is 5.19. The number of halogens is 1. The van der Waals surface area contributed by atoms with Crippen LogP contribution in [0.2, 0.25) is 0 Å². The SMILES string of the molecule is O=C(C1CC=CCC1)N1CCN(CCn2cnc3cc(F)ccc32)CC1. The number of rotatable bonds is 4. The Hall–Kier alpha value is -2.21. The summed E-state index contributed by atoms with van der Waals surface area (Å²) in [5.74, 6) is 0.262. The number of fused-ring (bicyclic) bond motifs is 1. The molecule has 2 heterocycles. The first kappa shape index (κ1) is 17.2. The average Bonchev–Trinajstić information content (AvgIpc) is 3.09. The Bertz CT molecular complexity index is 807. The molecule has 0 radical (unpaired) electrons. The lowest BCUT2D eigenvalue weighted by Crippen LogP contribution is -2.50. The summed E-state index contributed by atoms with van der Waals surface area (Å²) in [5, 5.41) is 0. The van der Waals surface area contributed by atoms with E-state index in [0.29, 0.717) is 11.4 Å². The first-order chi connectivity index (χ1) is 12.7. The zero-order valence-electron chi connectivity index (χ0n) is 15.0. The molecule has 26 heavy (non-hydrogen) atoms. The fraction of sp³-hybridized carbons (Fsp3) is 0.500. The zero-order chi connectivity index (χ0) is 17.9. The van der Waals surface area contributed by atoms with E-state index < -0.39 is 0 Å². The Morgan fingerprint density at radius 3 is 2.77 bits per heavy atom. The van der Waals surface area contributed by atoms with Crippen molar-refractivity contribution in [2.24, 2.45) is 5.92 Å². The predicted molar refractivity (Wildman–Crippen MR) is 99.2 cm³/mol. The monoisotopic (exact) mass is 356 g/mol. The van der Waals surface area contributed by atoms with Crippen LogP contribution in [0, 0.1) is 11.7 Å². The molecule has 2 aliphatic rings. The molecule has 1 saturated heterocycles. The largest absolute Gasteiger partial charge is 0.340 e. The summed E-state index contributed by atoms with van der Waals surface area (Å²) in [5.41, 5.74) is 1.66. The van der Waals surface area contributed by atoms with Gasteiger partial charge in [-0.15, -0.1) is 0 Å². The lowest BCUT2D eigenvalue weighted by molar-refractivity contribution is -0.137. The van der Waals surface area contributed by atoms with Gasteiger partial charge in [0.15, 0.2) is 0 Å².